The third-order valence-corrected chi connectivity index (χ3v) is 3.97. The maximum atomic E-state index is 13.6. The minimum Gasteiger partial charge on any atom is -0.494 e. The van der Waals surface area contributed by atoms with Crippen LogP contribution in [0, 0.1) is 5.82 Å². The van der Waals surface area contributed by atoms with Crippen molar-refractivity contribution in [2.75, 3.05) is 23.8 Å². The number of amides is 1. The fourth-order valence-corrected chi connectivity index (χ4v) is 2.55. The monoisotopic (exact) mass is 380 g/mol. The van der Waals surface area contributed by atoms with Crippen LogP contribution in [0.1, 0.15) is 22.8 Å². The number of ether oxygens (including phenoxy) is 1. The van der Waals surface area contributed by atoms with E-state index in [9.17, 15) is 9.18 Å². The Hall–Kier alpha value is -3.48. The van der Waals surface area contributed by atoms with Gasteiger partial charge in [0, 0.05) is 24.6 Å². The molecule has 1 amide bonds. The Morgan fingerprint density at radius 3 is 2.46 bits per heavy atom. The van der Waals surface area contributed by atoms with Crippen molar-refractivity contribution in [1.29, 1.82) is 0 Å². The van der Waals surface area contributed by atoms with E-state index >= 15 is 0 Å². The quantitative estimate of drug-likeness (QED) is 0.619. The highest BCUT2D eigenvalue weighted by atomic mass is 19.1. The number of hydrogen-bond donors (Lipinski definition) is 2. The van der Waals surface area contributed by atoms with Crippen molar-refractivity contribution in [2.45, 2.75) is 13.3 Å². The van der Waals surface area contributed by atoms with Gasteiger partial charge in [-0.1, -0.05) is 18.2 Å². The molecule has 2 N–H and O–H groups in total. The standard InChI is InChI=1S/C21H21FN4O2/c1-2-28-18-9-7-17(8-10-18)26-20(27)16-13-24-21(25-14-16)23-12-11-15-5-3-4-6-19(15)22/h3-10,13-14H,2,11-12H2,1H3,(H,26,27)(H,23,24,25). The lowest BCUT2D eigenvalue weighted by Crippen LogP contribution is -2.14. The van der Waals surface area contributed by atoms with Crippen LogP contribution < -0.4 is 15.4 Å². The Balaban J connectivity index is 1.51. The second kappa shape index (κ2) is 9.45. The van der Waals surface area contributed by atoms with Crippen LogP contribution >= 0.6 is 0 Å². The van der Waals surface area contributed by atoms with Crippen LogP contribution in [0.15, 0.2) is 60.9 Å². The molecule has 0 radical (unpaired) electrons. The van der Waals surface area contributed by atoms with Crippen LogP contribution in [-0.4, -0.2) is 29.0 Å². The summed E-state index contributed by atoms with van der Waals surface area (Å²) in [6.45, 7) is 2.98. The summed E-state index contributed by atoms with van der Waals surface area (Å²) in [5.74, 6) is 0.595. The van der Waals surface area contributed by atoms with Crippen LogP contribution in [0.3, 0.4) is 0 Å². The van der Waals surface area contributed by atoms with Gasteiger partial charge in [-0.05, 0) is 49.2 Å². The van der Waals surface area contributed by atoms with Crippen LogP contribution in [0.5, 0.6) is 5.75 Å². The molecule has 3 aromatic rings. The van der Waals surface area contributed by atoms with E-state index in [0.29, 0.717) is 42.3 Å². The van der Waals surface area contributed by atoms with Crippen LogP contribution in [0.4, 0.5) is 16.0 Å². The van der Waals surface area contributed by atoms with Crippen molar-refractivity contribution in [3.63, 3.8) is 0 Å². The summed E-state index contributed by atoms with van der Waals surface area (Å²) in [6, 6.07) is 13.7. The lowest BCUT2D eigenvalue weighted by Gasteiger charge is -2.08. The predicted octanol–water partition coefficient (Wildman–Crippen LogP) is 3.92. The molecule has 0 spiro atoms. The molecule has 0 unspecified atom stereocenters. The first-order chi connectivity index (χ1) is 13.7. The van der Waals surface area contributed by atoms with Crippen molar-refractivity contribution in [1.82, 2.24) is 9.97 Å². The molecule has 0 fully saturated rings. The van der Waals surface area contributed by atoms with E-state index in [1.54, 1.807) is 42.5 Å². The summed E-state index contributed by atoms with van der Waals surface area (Å²) in [4.78, 5) is 20.6. The number of carbonyl (C=O) groups is 1. The van der Waals surface area contributed by atoms with Gasteiger partial charge >= 0.3 is 0 Å². The summed E-state index contributed by atoms with van der Waals surface area (Å²) < 4.78 is 19.0. The third-order valence-electron chi connectivity index (χ3n) is 3.97. The molecule has 2 aromatic carbocycles. The molecule has 0 saturated carbocycles. The van der Waals surface area contributed by atoms with Gasteiger partial charge in [-0.2, -0.15) is 0 Å². The smallest absolute Gasteiger partial charge is 0.258 e. The molecule has 0 aliphatic carbocycles. The van der Waals surface area contributed by atoms with E-state index in [4.69, 9.17) is 4.74 Å². The van der Waals surface area contributed by atoms with Gasteiger partial charge in [-0.15, -0.1) is 0 Å². The van der Waals surface area contributed by atoms with E-state index in [-0.39, 0.29) is 11.7 Å². The van der Waals surface area contributed by atoms with E-state index in [0.717, 1.165) is 5.75 Å². The number of hydrogen-bond acceptors (Lipinski definition) is 5. The van der Waals surface area contributed by atoms with Gasteiger partial charge in [0.15, 0.2) is 0 Å². The number of carbonyl (C=O) groups excluding carboxylic acids is 1. The minimum atomic E-state index is -0.304. The first kappa shape index (κ1) is 19.3. The Bertz CT molecular complexity index is 914. The molecule has 1 heterocycles. The number of nitrogens with zero attached hydrogens (tertiary/aromatic N) is 2. The number of anilines is 2. The van der Waals surface area contributed by atoms with Crippen LogP contribution in [-0.2, 0) is 6.42 Å². The number of halogens is 1. The zero-order chi connectivity index (χ0) is 19.8. The van der Waals surface area contributed by atoms with Gasteiger partial charge in [0.2, 0.25) is 5.95 Å². The number of aromatic nitrogens is 2. The Kier molecular flexibility index (Phi) is 6.51. The van der Waals surface area contributed by atoms with Gasteiger partial charge in [0.05, 0.1) is 12.2 Å². The topological polar surface area (TPSA) is 76.1 Å². The fourth-order valence-electron chi connectivity index (χ4n) is 2.55. The molecule has 0 aliphatic rings. The Morgan fingerprint density at radius 1 is 1.07 bits per heavy atom. The Morgan fingerprint density at radius 2 is 1.79 bits per heavy atom. The van der Waals surface area contributed by atoms with Crippen molar-refractivity contribution >= 4 is 17.5 Å². The van der Waals surface area contributed by atoms with E-state index in [1.165, 1.54) is 18.5 Å². The zero-order valence-corrected chi connectivity index (χ0v) is 15.5. The summed E-state index contributed by atoms with van der Waals surface area (Å²) in [7, 11) is 0. The minimum absolute atomic E-state index is 0.230. The first-order valence-electron chi connectivity index (χ1n) is 8.99. The highest BCUT2D eigenvalue weighted by molar-refractivity contribution is 6.03. The highest BCUT2D eigenvalue weighted by Crippen LogP contribution is 2.16. The summed E-state index contributed by atoms with van der Waals surface area (Å²) in [6.07, 6.45) is 3.40. The number of rotatable bonds is 8. The highest BCUT2D eigenvalue weighted by Gasteiger charge is 2.08. The van der Waals surface area contributed by atoms with Gasteiger partial charge in [-0.25, -0.2) is 14.4 Å². The SMILES string of the molecule is CCOc1ccc(NC(=O)c2cnc(NCCc3ccccc3F)nc2)cc1. The van der Waals surface area contributed by atoms with Crippen molar-refractivity contribution < 1.29 is 13.9 Å². The van der Waals surface area contributed by atoms with Gasteiger partial charge in [0.1, 0.15) is 11.6 Å². The van der Waals surface area contributed by atoms with E-state index < -0.39 is 0 Å². The third kappa shape index (κ3) is 5.26. The second-order valence-corrected chi connectivity index (χ2v) is 5.98. The number of nitrogens with one attached hydrogen (secondary N) is 2. The summed E-state index contributed by atoms with van der Waals surface area (Å²) >= 11 is 0. The molecule has 144 valence electrons. The number of benzene rings is 2. The summed E-state index contributed by atoms with van der Waals surface area (Å²) in [5.41, 5.74) is 1.62. The molecular weight excluding hydrogens is 359 g/mol. The zero-order valence-electron chi connectivity index (χ0n) is 15.5. The first-order valence-corrected chi connectivity index (χ1v) is 8.99. The molecular formula is C21H21FN4O2. The van der Waals surface area contributed by atoms with Crippen molar-refractivity contribution in [3.05, 3.63) is 77.9 Å². The van der Waals surface area contributed by atoms with Gasteiger partial charge < -0.3 is 15.4 Å². The van der Waals surface area contributed by atoms with Gasteiger partial charge in [0.25, 0.3) is 5.91 Å². The average Bonchev–Trinajstić information content (AvgIpc) is 2.71. The molecule has 1 aromatic heterocycles. The van der Waals surface area contributed by atoms with E-state index in [1.807, 2.05) is 6.92 Å². The fraction of sp³-hybridized carbons (Fsp3) is 0.190. The molecule has 0 bridgehead atoms. The second-order valence-electron chi connectivity index (χ2n) is 5.98. The van der Waals surface area contributed by atoms with Crippen LogP contribution in [0.25, 0.3) is 0 Å². The van der Waals surface area contributed by atoms with E-state index in [2.05, 4.69) is 20.6 Å². The lowest BCUT2D eigenvalue weighted by molar-refractivity contribution is 0.102. The Labute approximate surface area is 162 Å². The largest absolute Gasteiger partial charge is 0.494 e. The predicted molar refractivity (Wildman–Crippen MR) is 106 cm³/mol. The van der Waals surface area contributed by atoms with Gasteiger partial charge in [-0.3, -0.25) is 4.79 Å². The molecule has 3 rings (SSSR count). The maximum absolute atomic E-state index is 13.6. The molecule has 0 atom stereocenters. The maximum Gasteiger partial charge on any atom is 0.258 e. The summed E-state index contributed by atoms with van der Waals surface area (Å²) in [5, 5.41) is 5.80. The van der Waals surface area contributed by atoms with Crippen molar-refractivity contribution in [3.8, 4) is 5.75 Å². The molecule has 7 heteroatoms. The van der Waals surface area contributed by atoms with Crippen molar-refractivity contribution in [2.24, 2.45) is 0 Å². The average molecular weight is 380 g/mol. The molecule has 0 saturated heterocycles. The molecule has 6 nitrogen and oxygen atoms in total. The lowest BCUT2D eigenvalue weighted by atomic mass is 10.1. The molecule has 28 heavy (non-hydrogen) atoms. The van der Waals surface area contributed by atoms with Crippen LogP contribution in [0.2, 0.25) is 0 Å². The molecule has 0 aliphatic heterocycles. The normalized spacial score (nSPS) is 10.4.